The van der Waals surface area contributed by atoms with E-state index in [-0.39, 0.29) is 11.6 Å². The van der Waals surface area contributed by atoms with Crippen LogP contribution < -0.4 is 15.0 Å². The van der Waals surface area contributed by atoms with Crippen molar-refractivity contribution >= 4 is 38.4 Å². The standard InChI is InChI=1S/C23H20F3N5O4S/c24-23(25,26)35-19-3-1-2-4-20(19)36(32,33)31-10-9-16-15-27-22(29-21(16)31)28-17-5-7-18(8-6-17)30-11-13-34-14-12-30/h1-10,15H,11-14H2,(H,27,28,29). The number of anilines is 3. The maximum Gasteiger partial charge on any atom is 0.573 e. The van der Waals surface area contributed by atoms with E-state index >= 15 is 0 Å². The number of nitrogens with one attached hydrogen (secondary N) is 1. The van der Waals surface area contributed by atoms with Crippen LogP contribution in [-0.2, 0) is 14.8 Å². The summed E-state index contributed by atoms with van der Waals surface area (Å²) in [6.07, 6.45) is -2.42. The van der Waals surface area contributed by atoms with Crippen molar-refractivity contribution in [3.05, 3.63) is 67.0 Å². The van der Waals surface area contributed by atoms with Crippen molar-refractivity contribution in [2.45, 2.75) is 11.3 Å². The zero-order valence-corrected chi connectivity index (χ0v) is 19.5. The van der Waals surface area contributed by atoms with E-state index < -0.39 is 27.0 Å². The number of nitrogens with zero attached hydrogens (tertiary/aromatic N) is 4. The van der Waals surface area contributed by atoms with Crippen molar-refractivity contribution in [2.24, 2.45) is 0 Å². The molecule has 0 radical (unpaired) electrons. The fourth-order valence-electron chi connectivity index (χ4n) is 3.83. The summed E-state index contributed by atoms with van der Waals surface area (Å²) in [6, 6.07) is 13.6. The minimum Gasteiger partial charge on any atom is -0.404 e. The molecule has 2 aromatic carbocycles. The lowest BCUT2D eigenvalue weighted by atomic mass is 10.2. The van der Waals surface area contributed by atoms with Crippen LogP contribution in [0.3, 0.4) is 0 Å². The Balaban J connectivity index is 1.44. The molecular formula is C23H20F3N5O4S. The first kappa shape index (κ1) is 23.9. The molecule has 1 N–H and O–H groups in total. The highest BCUT2D eigenvalue weighted by Gasteiger charge is 2.34. The van der Waals surface area contributed by atoms with Crippen LogP contribution in [0, 0.1) is 0 Å². The van der Waals surface area contributed by atoms with Crippen LogP contribution >= 0.6 is 0 Å². The molecule has 13 heteroatoms. The van der Waals surface area contributed by atoms with E-state index in [1.54, 1.807) is 0 Å². The van der Waals surface area contributed by atoms with Gasteiger partial charge in [-0.1, -0.05) is 12.1 Å². The average molecular weight is 520 g/mol. The summed E-state index contributed by atoms with van der Waals surface area (Å²) >= 11 is 0. The first-order chi connectivity index (χ1) is 17.2. The Kier molecular flexibility index (Phi) is 6.18. The van der Waals surface area contributed by atoms with Crippen LogP contribution in [-0.4, -0.2) is 55.0 Å². The molecule has 1 aliphatic rings. The molecule has 1 aliphatic heterocycles. The van der Waals surface area contributed by atoms with E-state index in [0.29, 0.717) is 24.3 Å². The van der Waals surface area contributed by atoms with Gasteiger partial charge < -0.3 is 19.7 Å². The molecule has 2 aromatic heterocycles. The Labute approximate surface area is 204 Å². The highest BCUT2D eigenvalue weighted by Crippen LogP contribution is 2.32. The SMILES string of the molecule is O=S(=O)(c1ccccc1OC(F)(F)F)n1ccc2cnc(Nc3ccc(N4CCOCC4)cc3)nc21. The zero-order valence-electron chi connectivity index (χ0n) is 18.6. The zero-order chi connectivity index (χ0) is 25.3. The third-order valence-electron chi connectivity index (χ3n) is 5.51. The number of alkyl halides is 3. The van der Waals surface area contributed by atoms with Gasteiger partial charge in [0.2, 0.25) is 5.95 Å². The predicted octanol–water partition coefficient (Wildman–Crippen LogP) is 4.15. The summed E-state index contributed by atoms with van der Waals surface area (Å²) < 4.78 is 75.2. The molecule has 0 spiro atoms. The van der Waals surface area contributed by atoms with Crippen molar-refractivity contribution < 1.29 is 31.1 Å². The number of morpholine rings is 1. The molecule has 9 nitrogen and oxygen atoms in total. The third-order valence-corrected chi connectivity index (χ3v) is 7.21. The van der Waals surface area contributed by atoms with Gasteiger partial charge in [-0.25, -0.2) is 17.4 Å². The van der Waals surface area contributed by atoms with Crippen molar-refractivity contribution in [1.82, 2.24) is 13.9 Å². The van der Waals surface area contributed by atoms with E-state index in [0.717, 1.165) is 34.9 Å². The number of benzene rings is 2. The van der Waals surface area contributed by atoms with Gasteiger partial charge in [0.25, 0.3) is 10.0 Å². The fraction of sp³-hybridized carbons (Fsp3) is 0.217. The Morgan fingerprint density at radius 2 is 1.72 bits per heavy atom. The van der Waals surface area contributed by atoms with Crippen molar-refractivity contribution in [1.29, 1.82) is 0 Å². The number of hydrogen-bond acceptors (Lipinski definition) is 8. The lowest BCUT2D eigenvalue weighted by Gasteiger charge is -2.28. The minimum atomic E-state index is -5.05. The molecule has 188 valence electrons. The third kappa shape index (κ3) is 4.93. The molecule has 3 heterocycles. The van der Waals surface area contributed by atoms with E-state index in [4.69, 9.17) is 4.74 Å². The molecule has 0 bridgehead atoms. The van der Waals surface area contributed by atoms with Gasteiger partial charge in [0.1, 0.15) is 10.6 Å². The van der Waals surface area contributed by atoms with Gasteiger partial charge in [0.15, 0.2) is 5.65 Å². The second kappa shape index (κ2) is 9.32. The number of halogens is 3. The number of para-hydroxylation sites is 1. The topological polar surface area (TPSA) is 98.6 Å². The van der Waals surface area contributed by atoms with E-state index in [9.17, 15) is 21.6 Å². The Hall–Kier alpha value is -3.84. The monoisotopic (exact) mass is 519 g/mol. The number of aromatic nitrogens is 3. The lowest BCUT2D eigenvalue weighted by Crippen LogP contribution is -2.36. The van der Waals surface area contributed by atoms with Crippen LogP contribution in [0.15, 0.2) is 71.9 Å². The van der Waals surface area contributed by atoms with Gasteiger partial charge in [-0.05, 0) is 42.5 Å². The molecule has 1 saturated heterocycles. The summed E-state index contributed by atoms with van der Waals surface area (Å²) in [5.74, 6) is -0.712. The second-order valence-corrected chi connectivity index (χ2v) is 9.64. The number of hydrogen-bond donors (Lipinski definition) is 1. The Bertz CT molecular complexity index is 1480. The highest BCUT2D eigenvalue weighted by atomic mass is 32.2. The molecule has 0 saturated carbocycles. The molecule has 0 unspecified atom stereocenters. The van der Waals surface area contributed by atoms with Gasteiger partial charge in [-0.15, -0.1) is 13.2 Å². The summed E-state index contributed by atoms with van der Waals surface area (Å²) in [5.41, 5.74) is 1.72. The van der Waals surface area contributed by atoms with Crippen LogP contribution in [0.1, 0.15) is 0 Å². The first-order valence-corrected chi connectivity index (χ1v) is 12.3. The van der Waals surface area contributed by atoms with Gasteiger partial charge in [0, 0.05) is 42.2 Å². The summed E-state index contributed by atoms with van der Waals surface area (Å²) in [5, 5.41) is 3.42. The smallest absolute Gasteiger partial charge is 0.404 e. The maximum absolute atomic E-state index is 13.3. The molecule has 0 aliphatic carbocycles. The lowest BCUT2D eigenvalue weighted by molar-refractivity contribution is -0.275. The van der Waals surface area contributed by atoms with Crippen LogP contribution in [0.2, 0.25) is 0 Å². The van der Waals surface area contributed by atoms with Crippen LogP contribution in [0.5, 0.6) is 5.75 Å². The van der Waals surface area contributed by atoms with Crippen LogP contribution in [0.4, 0.5) is 30.5 Å². The fourth-order valence-corrected chi connectivity index (χ4v) is 5.25. The molecular weight excluding hydrogens is 499 g/mol. The number of ether oxygens (including phenoxy) is 2. The predicted molar refractivity (Wildman–Crippen MR) is 126 cm³/mol. The second-order valence-electron chi connectivity index (χ2n) is 7.85. The van der Waals surface area contributed by atoms with Crippen molar-refractivity contribution in [2.75, 3.05) is 36.5 Å². The van der Waals surface area contributed by atoms with Crippen molar-refractivity contribution in [3.8, 4) is 5.75 Å². The van der Waals surface area contributed by atoms with E-state index in [2.05, 4.69) is 24.9 Å². The molecule has 0 atom stereocenters. The normalized spacial score (nSPS) is 14.7. The molecule has 4 aromatic rings. The summed E-state index contributed by atoms with van der Waals surface area (Å²) in [6.45, 7) is 2.94. The number of rotatable bonds is 6. The quantitative estimate of drug-likeness (QED) is 0.406. The molecule has 5 rings (SSSR count). The van der Waals surface area contributed by atoms with Gasteiger partial charge in [0.05, 0.1) is 13.2 Å². The first-order valence-electron chi connectivity index (χ1n) is 10.8. The van der Waals surface area contributed by atoms with Crippen molar-refractivity contribution in [3.63, 3.8) is 0 Å². The molecule has 1 fully saturated rings. The summed E-state index contributed by atoms with van der Waals surface area (Å²) in [7, 11) is -4.48. The summed E-state index contributed by atoms with van der Waals surface area (Å²) in [4.78, 5) is 10.1. The van der Waals surface area contributed by atoms with E-state index in [1.165, 1.54) is 30.6 Å². The number of fused-ring (bicyclic) bond motifs is 1. The average Bonchev–Trinajstić information content (AvgIpc) is 3.29. The van der Waals surface area contributed by atoms with Crippen LogP contribution in [0.25, 0.3) is 11.0 Å². The van der Waals surface area contributed by atoms with Gasteiger partial charge >= 0.3 is 6.36 Å². The maximum atomic E-state index is 13.3. The highest BCUT2D eigenvalue weighted by molar-refractivity contribution is 7.90. The van der Waals surface area contributed by atoms with E-state index in [1.807, 2.05) is 24.3 Å². The minimum absolute atomic E-state index is 0.000696. The Morgan fingerprint density at radius 1 is 1.00 bits per heavy atom. The molecule has 0 amide bonds. The molecule has 36 heavy (non-hydrogen) atoms. The largest absolute Gasteiger partial charge is 0.573 e. The Morgan fingerprint density at radius 3 is 2.44 bits per heavy atom. The van der Waals surface area contributed by atoms with Gasteiger partial charge in [-0.2, -0.15) is 4.98 Å². The van der Waals surface area contributed by atoms with Gasteiger partial charge in [-0.3, -0.25) is 0 Å².